The number of rotatable bonds is 5. The van der Waals surface area contributed by atoms with Crippen LogP contribution in [0.25, 0.3) is 0 Å². The van der Waals surface area contributed by atoms with Gasteiger partial charge in [0.1, 0.15) is 0 Å². The number of nitro groups is 1. The molecule has 2 amide bonds. The SMILES string of the molecule is O=C1CN(c2ccc(CNC(=O)c3ccc([N+](=O)[O-])s3)cc2)CCN1. The second-order valence-electron chi connectivity index (χ2n) is 5.52. The molecule has 1 aliphatic heterocycles. The van der Waals surface area contributed by atoms with Crippen LogP contribution in [0.3, 0.4) is 0 Å². The summed E-state index contributed by atoms with van der Waals surface area (Å²) in [5.74, 6) is -0.331. The van der Waals surface area contributed by atoms with E-state index in [-0.39, 0.29) is 16.8 Å². The van der Waals surface area contributed by atoms with Gasteiger partial charge in [-0.1, -0.05) is 23.5 Å². The molecule has 0 saturated carbocycles. The van der Waals surface area contributed by atoms with E-state index >= 15 is 0 Å². The van der Waals surface area contributed by atoms with E-state index in [1.165, 1.54) is 12.1 Å². The maximum atomic E-state index is 12.0. The van der Waals surface area contributed by atoms with Crippen molar-refractivity contribution in [1.29, 1.82) is 0 Å². The second kappa shape index (κ2) is 7.31. The Hall–Kier alpha value is -2.94. The van der Waals surface area contributed by atoms with Gasteiger partial charge in [-0.25, -0.2) is 0 Å². The average Bonchev–Trinajstić information content (AvgIpc) is 3.11. The Morgan fingerprint density at radius 1 is 1.28 bits per heavy atom. The van der Waals surface area contributed by atoms with Gasteiger partial charge in [-0.2, -0.15) is 0 Å². The molecule has 0 atom stereocenters. The normalized spacial score (nSPS) is 14.1. The zero-order valence-corrected chi connectivity index (χ0v) is 14.0. The molecule has 2 heterocycles. The lowest BCUT2D eigenvalue weighted by atomic mass is 10.2. The van der Waals surface area contributed by atoms with Crippen molar-refractivity contribution in [2.45, 2.75) is 6.54 Å². The molecule has 1 aliphatic rings. The zero-order valence-electron chi connectivity index (χ0n) is 13.2. The van der Waals surface area contributed by atoms with Gasteiger partial charge in [-0.05, 0) is 23.8 Å². The van der Waals surface area contributed by atoms with Gasteiger partial charge in [-0.3, -0.25) is 19.7 Å². The summed E-state index contributed by atoms with van der Waals surface area (Å²) < 4.78 is 0. The molecule has 130 valence electrons. The molecule has 0 spiro atoms. The minimum absolute atomic E-state index is 0.00707. The van der Waals surface area contributed by atoms with Gasteiger partial charge < -0.3 is 15.5 Å². The first-order chi connectivity index (χ1) is 12.0. The predicted octanol–water partition coefficient (Wildman–Crippen LogP) is 1.52. The van der Waals surface area contributed by atoms with E-state index < -0.39 is 4.92 Å². The first-order valence-electron chi connectivity index (χ1n) is 7.66. The van der Waals surface area contributed by atoms with Crippen molar-refractivity contribution >= 4 is 33.8 Å². The van der Waals surface area contributed by atoms with Crippen LogP contribution in [0.4, 0.5) is 10.7 Å². The molecule has 2 aromatic rings. The number of amides is 2. The smallest absolute Gasteiger partial charge is 0.324 e. The van der Waals surface area contributed by atoms with E-state index in [1.807, 2.05) is 29.2 Å². The predicted molar refractivity (Wildman–Crippen MR) is 93.8 cm³/mol. The largest absolute Gasteiger partial charge is 0.360 e. The van der Waals surface area contributed by atoms with Crippen molar-refractivity contribution in [3.8, 4) is 0 Å². The third-order valence-electron chi connectivity index (χ3n) is 3.79. The minimum Gasteiger partial charge on any atom is -0.360 e. The van der Waals surface area contributed by atoms with Gasteiger partial charge in [0.2, 0.25) is 5.91 Å². The number of hydrogen-bond donors (Lipinski definition) is 2. The number of carbonyl (C=O) groups is 2. The van der Waals surface area contributed by atoms with Crippen LogP contribution in [0.2, 0.25) is 0 Å². The number of thiophene rings is 1. The molecule has 0 radical (unpaired) electrons. The van der Waals surface area contributed by atoms with Crippen molar-refractivity contribution in [3.63, 3.8) is 0 Å². The van der Waals surface area contributed by atoms with Crippen molar-refractivity contribution < 1.29 is 14.5 Å². The van der Waals surface area contributed by atoms with Crippen molar-refractivity contribution in [3.05, 3.63) is 57.0 Å². The van der Waals surface area contributed by atoms with E-state index in [4.69, 9.17) is 0 Å². The summed E-state index contributed by atoms with van der Waals surface area (Å²) in [5.41, 5.74) is 1.86. The summed E-state index contributed by atoms with van der Waals surface area (Å²) in [6, 6.07) is 10.4. The molecule has 25 heavy (non-hydrogen) atoms. The lowest BCUT2D eigenvalue weighted by Crippen LogP contribution is -2.47. The van der Waals surface area contributed by atoms with Crippen LogP contribution in [0.1, 0.15) is 15.2 Å². The van der Waals surface area contributed by atoms with E-state index in [1.54, 1.807) is 0 Å². The molecule has 0 bridgehead atoms. The molecular weight excluding hydrogens is 344 g/mol. The summed E-state index contributed by atoms with van der Waals surface area (Å²) in [4.78, 5) is 35.9. The quantitative estimate of drug-likeness (QED) is 0.621. The molecule has 1 aromatic heterocycles. The molecule has 2 N–H and O–H groups in total. The Morgan fingerprint density at radius 3 is 2.68 bits per heavy atom. The van der Waals surface area contributed by atoms with E-state index in [0.29, 0.717) is 24.5 Å². The highest BCUT2D eigenvalue weighted by Crippen LogP contribution is 2.23. The minimum atomic E-state index is -0.513. The molecule has 8 nitrogen and oxygen atoms in total. The fourth-order valence-electron chi connectivity index (χ4n) is 2.50. The summed E-state index contributed by atoms with van der Waals surface area (Å²) in [6.45, 7) is 2.06. The standard InChI is InChI=1S/C16H16N4O4S/c21-14-10-19(8-7-17-14)12-3-1-11(2-4-12)9-18-16(22)13-5-6-15(25-13)20(23)24/h1-6H,7-10H2,(H,17,21)(H,18,22). The number of hydrogen-bond acceptors (Lipinski definition) is 6. The van der Waals surface area contributed by atoms with Gasteiger partial charge in [0, 0.05) is 31.4 Å². The Kier molecular flexibility index (Phi) is 4.94. The van der Waals surface area contributed by atoms with Crippen LogP contribution >= 0.6 is 11.3 Å². The number of nitrogens with one attached hydrogen (secondary N) is 2. The Morgan fingerprint density at radius 2 is 2.04 bits per heavy atom. The van der Waals surface area contributed by atoms with Crippen LogP contribution in [-0.2, 0) is 11.3 Å². The van der Waals surface area contributed by atoms with Crippen molar-refractivity contribution in [2.75, 3.05) is 24.5 Å². The molecule has 1 aromatic carbocycles. The van der Waals surface area contributed by atoms with E-state index in [9.17, 15) is 19.7 Å². The van der Waals surface area contributed by atoms with Gasteiger partial charge in [0.15, 0.2) is 0 Å². The lowest BCUT2D eigenvalue weighted by Gasteiger charge is -2.28. The zero-order chi connectivity index (χ0) is 17.8. The monoisotopic (exact) mass is 360 g/mol. The molecule has 1 saturated heterocycles. The first-order valence-corrected chi connectivity index (χ1v) is 8.47. The van der Waals surface area contributed by atoms with E-state index in [0.717, 1.165) is 29.1 Å². The number of carbonyl (C=O) groups excluding carboxylic acids is 2. The number of piperazine rings is 1. The van der Waals surface area contributed by atoms with Crippen LogP contribution < -0.4 is 15.5 Å². The number of nitrogens with zero attached hydrogens (tertiary/aromatic N) is 2. The highest BCUT2D eigenvalue weighted by Gasteiger charge is 2.17. The third kappa shape index (κ3) is 4.13. The first kappa shape index (κ1) is 16.9. The Balaban J connectivity index is 1.57. The Labute approximate surface area is 147 Å². The fourth-order valence-corrected chi connectivity index (χ4v) is 3.24. The maximum absolute atomic E-state index is 12.0. The highest BCUT2D eigenvalue weighted by molar-refractivity contribution is 7.17. The topological polar surface area (TPSA) is 105 Å². The van der Waals surface area contributed by atoms with Gasteiger partial charge in [0.05, 0.1) is 16.3 Å². The van der Waals surface area contributed by atoms with Gasteiger partial charge in [-0.15, -0.1) is 0 Å². The molecule has 0 unspecified atom stereocenters. The van der Waals surface area contributed by atoms with Crippen molar-refractivity contribution in [2.24, 2.45) is 0 Å². The van der Waals surface area contributed by atoms with Crippen LogP contribution in [0.5, 0.6) is 0 Å². The van der Waals surface area contributed by atoms with Crippen molar-refractivity contribution in [1.82, 2.24) is 10.6 Å². The number of anilines is 1. The average molecular weight is 360 g/mol. The molecular formula is C16H16N4O4S. The fraction of sp³-hybridized carbons (Fsp3) is 0.250. The summed E-state index contributed by atoms with van der Waals surface area (Å²) in [5, 5.41) is 16.1. The summed E-state index contributed by atoms with van der Waals surface area (Å²) >= 11 is 0.850. The molecule has 0 aliphatic carbocycles. The maximum Gasteiger partial charge on any atom is 0.324 e. The van der Waals surface area contributed by atoms with E-state index in [2.05, 4.69) is 10.6 Å². The van der Waals surface area contributed by atoms with Gasteiger partial charge >= 0.3 is 5.00 Å². The van der Waals surface area contributed by atoms with Crippen LogP contribution in [-0.4, -0.2) is 36.4 Å². The Bertz CT molecular complexity index is 803. The molecule has 3 rings (SSSR count). The highest BCUT2D eigenvalue weighted by atomic mass is 32.1. The third-order valence-corrected chi connectivity index (χ3v) is 4.82. The lowest BCUT2D eigenvalue weighted by molar-refractivity contribution is -0.380. The van der Waals surface area contributed by atoms with Crippen LogP contribution in [0, 0.1) is 10.1 Å². The summed E-state index contributed by atoms with van der Waals surface area (Å²) in [6.07, 6.45) is 0. The van der Waals surface area contributed by atoms with Crippen LogP contribution in [0.15, 0.2) is 36.4 Å². The molecule has 1 fully saturated rings. The number of benzene rings is 1. The van der Waals surface area contributed by atoms with Gasteiger partial charge in [0.25, 0.3) is 5.91 Å². The molecule has 9 heteroatoms. The summed E-state index contributed by atoms with van der Waals surface area (Å²) in [7, 11) is 0. The second-order valence-corrected chi connectivity index (χ2v) is 6.58.